The molecule has 3 nitrogen and oxygen atoms in total. The van der Waals surface area contributed by atoms with Crippen molar-refractivity contribution in [2.24, 2.45) is 5.73 Å². The Morgan fingerprint density at radius 3 is 2.33 bits per heavy atom. The Morgan fingerprint density at radius 2 is 2.00 bits per heavy atom. The van der Waals surface area contributed by atoms with Crippen LogP contribution in [0.1, 0.15) is 39.4 Å². The van der Waals surface area contributed by atoms with Crippen molar-refractivity contribution < 1.29 is 0 Å². The minimum absolute atomic E-state index is 0.00757. The van der Waals surface area contributed by atoms with Crippen molar-refractivity contribution in [3.05, 3.63) is 24.0 Å². The molecule has 84 valence electrons. The van der Waals surface area contributed by atoms with Gasteiger partial charge < -0.3 is 10.6 Å². The summed E-state index contributed by atoms with van der Waals surface area (Å²) in [6.07, 6.45) is 1.90. The third kappa shape index (κ3) is 2.93. The summed E-state index contributed by atoms with van der Waals surface area (Å²) in [7, 11) is 0. The third-order valence-electron chi connectivity index (χ3n) is 2.53. The first-order chi connectivity index (χ1) is 7.06. The van der Waals surface area contributed by atoms with Gasteiger partial charge in [-0.25, -0.2) is 0 Å². The lowest BCUT2D eigenvalue weighted by Gasteiger charge is -2.27. The zero-order chi connectivity index (χ0) is 11.4. The first-order valence-corrected chi connectivity index (χ1v) is 5.54. The molecule has 0 aliphatic heterocycles. The summed E-state index contributed by atoms with van der Waals surface area (Å²) in [5.74, 6) is 0. The highest BCUT2D eigenvalue weighted by Crippen LogP contribution is 2.17. The molecule has 1 heterocycles. The van der Waals surface area contributed by atoms with Crippen molar-refractivity contribution in [1.82, 2.24) is 4.98 Å². The minimum Gasteiger partial charge on any atom is -0.368 e. The molecular formula is C12H21N3. The van der Waals surface area contributed by atoms with Gasteiger partial charge in [-0.1, -0.05) is 0 Å². The van der Waals surface area contributed by atoms with E-state index in [0.717, 1.165) is 17.9 Å². The van der Waals surface area contributed by atoms with Crippen LogP contribution in [-0.4, -0.2) is 17.6 Å². The number of aromatic nitrogens is 1. The van der Waals surface area contributed by atoms with Crippen molar-refractivity contribution >= 4 is 5.69 Å². The van der Waals surface area contributed by atoms with Gasteiger partial charge in [0.1, 0.15) is 0 Å². The lowest BCUT2D eigenvalue weighted by Crippen LogP contribution is -2.30. The van der Waals surface area contributed by atoms with E-state index in [1.165, 1.54) is 0 Å². The van der Waals surface area contributed by atoms with Crippen LogP contribution in [0.3, 0.4) is 0 Å². The predicted octanol–water partition coefficient (Wildman–Crippen LogP) is 2.34. The molecule has 1 rings (SSSR count). The molecule has 1 unspecified atom stereocenters. The second-order valence-electron chi connectivity index (χ2n) is 4.11. The first-order valence-electron chi connectivity index (χ1n) is 5.54. The van der Waals surface area contributed by atoms with E-state index in [9.17, 15) is 0 Å². The summed E-state index contributed by atoms with van der Waals surface area (Å²) in [4.78, 5) is 6.67. The molecule has 0 aromatic carbocycles. The summed E-state index contributed by atoms with van der Waals surface area (Å²) >= 11 is 0. The number of hydrogen-bond acceptors (Lipinski definition) is 3. The molecule has 1 aromatic heterocycles. The molecule has 0 aliphatic carbocycles. The van der Waals surface area contributed by atoms with Gasteiger partial charge in [-0.05, 0) is 39.8 Å². The van der Waals surface area contributed by atoms with Gasteiger partial charge in [-0.2, -0.15) is 0 Å². The molecule has 0 saturated heterocycles. The average molecular weight is 207 g/mol. The zero-order valence-corrected chi connectivity index (χ0v) is 10.1. The topological polar surface area (TPSA) is 42.1 Å². The lowest BCUT2D eigenvalue weighted by atomic mass is 10.2. The number of rotatable bonds is 4. The van der Waals surface area contributed by atoms with Crippen LogP contribution < -0.4 is 10.6 Å². The second kappa shape index (κ2) is 5.12. The van der Waals surface area contributed by atoms with E-state index in [1.54, 1.807) is 0 Å². The predicted molar refractivity (Wildman–Crippen MR) is 65.0 cm³/mol. The van der Waals surface area contributed by atoms with E-state index in [2.05, 4.69) is 36.7 Å². The normalized spacial score (nSPS) is 12.9. The van der Waals surface area contributed by atoms with Gasteiger partial charge in [0.25, 0.3) is 0 Å². The van der Waals surface area contributed by atoms with Crippen LogP contribution in [-0.2, 0) is 0 Å². The fraction of sp³-hybridized carbons (Fsp3) is 0.583. The second-order valence-corrected chi connectivity index (χ2v) is 4.11. The number of anilines is 1. The van der Waals surface area contributed by atoms with Crippen molar-refractivity contribution in [1.29, 1.82) is 0 Å². The molecule has 0 fully saturated rings. The Balaban J connectivity index is 2.87. The van der Waals surface area contributed by atoms with Gasteiger partial charge in [0.2, 0.25) is 0 Å². The Morgan fingerprint density at radius 1 is 1.33 bits per heavy atom. The van der Waals surface area contributed by atoms with Crippen LogP contribution >= 0.6 is 0 Å². The van der Waals surface area contributed by atoms with E-state index >= 15 is 0 Å². The maximum absolute atomic E-state index is 5.76. The van der Waals surface area contributed by atoms with Crippen LogP contribution in [0.15, 0.2) is 18.3 Å². The molecule has 0 aliphatic rings. The summed E-state index contributed by atoms with van der Waals surface area (Å²) in [5.41, 5.74) is 7.86. The Kier molecular flexibility index (Phi) is 4.09. The van der Waals surface area contributed by atoms with Crippen molar-refractivity contribution in [3.63, 3.8) is 0 Å². The molecule has 3 heteroatoms. The van der Waals surface area contributed by atoms with Crippen LogP contribution in [0.4, 0.5) is 5.69 Å². The van der Waals surface area contributed by atoms with Gasteiger partial charge in [-0.3, -0.25) is 4.98 Å². The fourth-order valence-corrected chi connectivity index (χ4v) is 1.68. The molecule has 0 spiro atoms. The van der Waals surface area contributed by atoms with Gasteiger partial charge in [-0.15, -0.1) is 0 Å². The van der Waals surface area contributed by atoms with Crippen LogP contribution in [0, 0.1) is 0 Å². The number of nitrogens with two attached hydrogens (primary N) is 1. The van der Waals surface area contributed by atoms with Gasteiger partial charge >= 0.3 is 0 Å². The van der Waals surface area contributed by atoms with Crippen molar-refractivity contribution in [2.75, 3.05) is 11.4 Å². The highest BCUT2D eigenvalue weighted by atomic mass is 15.1. The van der Waals surface area contributed by atoms with E-state index in [0.29, 0.717) is 6.04 Å². The van der Waals surface area contributed by atoms with E-state index in [4.69, 9.17) is 5.73 Å². The lowest BCUT2D eigenvalue weighted by molar-refractivity contribution is 0.699. The molecular weight excluding hydrogens is 186 g/mol. The summed E-state index contributed by atoms with van der Waals surface area (Å²) in [6, 6.07) is 4.60. The van der Waals surface area contributed by atoms with Crippen LogP contribution in [0.5, 0.6) is 0 Å². The fourth-order valence-electron chi connectivity index (χ4n) is 1.68. The molecule has 0 radical (unpaired) electrons. The third-order valence-corrected chi connectivity index (χ3v) is 2.53. The van der Waals surface area contributed by atoms with E-state index in [-0.39, 0.29) is 6.04 Å². The molecule has 0 bridgehead atoms. The average Bonchev–Trinajstić information content (AvgIpc) is 2.19. The maximum Gasteiger partial charge on any atom is 0.0569 e. The minimum atomic E-state index is 0.00757. The van der Waals surface area contributed by atoms with Gasteiger partial charge in [0, 0.05) is 18.6 Å². The largest absolute Gasteiger partial charge is 0.368 e. The molecule has 2 N–H and O–H groups in total. The molecule has 0 amide bonds. The van der Waals surface area contributed by atoms with E-state index in [1.807, 2.05) is 19.2 Å². The molecule has 1 aromatic rings. The van der Waals surface area contributed by atoms with Gasteiger partial charge in [0.05, 0.1) is 17.6 Å². The smallest absolute Gasteiger partial charge is 0.0569 e. The number of pyridine rings is 1. The maximum atomic E-state index is 5.76. The number of nitrogens with zero attached hydrogens (tertiary/aromatic N) is 2. The highest BCUT2D eigenvalue weighted by molar-refractivity contribution is 5.45. The standard InChI is InChI=1S/C12H21N3/c1-5-15(9(2)3)11-6-7-12(10(4)13)14-8-11/h6-10H,5,13H2,1-4H3. The van der Waals surface area contributed by atoms with Crippen LogP contribution in [0.25, 0.3) is 0 Å². The van der Waals surface area contributed by atoms with Crippen molar-refractivity contribution in [3.8, 4) is 0 Å². The van der Waals surface area contributed by atoms with E-state index < -0.39 is 0 Å². The first kappa shape index (κ1) is 12.0. The molecule has 0 saturated carbocycles. The SMILES string of the molecule is CCN(c1ccc(C(C)N)nc1)C(C)C. The number of hydrogen-bond donors (Lipinski definition) is 1. The van der Waals surface area contributed by atoms with Crippen molar-refractivity contribution in [2.45, 2.75) is 39.8 Å². The summed E-state index contributed by atoms with van der Waals surface area (Å²) < 4.78 is 0. The quantitative estimate of drug-likeness (QED) is 0.824. The molecule has 1 atom stereocenters. The van der Waals surface area contributed by atoms with Gasteiger partial charge in [0.15, 0.2) is 0 Å². The summed E-state index contributed by atoms with van der Waals surface area (Å²) in [5, 5.41) is 0. The highest BCUT2D eigenvalue weighted by Gasteiger charge is 2.09. The Bertz CT molecular complexity index is 290. The molecule has 15 heavy (non-hydrogen) atoms. The summed E-state index contributed by atoms with van der Waals surface area (Å²) in [6.45, 7) is 9.46. The Labute approximate surface area is 92.3 Å². The Hall–Kier alpha value is -1.09. The zero-order valence-electron chi connectivity index (χ0n) is 10.1. The monoisotopic (exact) mass is 207 g/mol. The van der Waals surface area contributed by atoms with Crippen LogP contribution in [0.2, 0.25) is 0 Å².